The SMILES string of the molecule is CN(C)[C@H](Cc1ccccc1)C(=O)N1CCC[C@H]1C1=NC=C(c2ccc(-c3ccc(-c4cnc([C@@H]5CCCN5C(=O)[C@@H](Cc5ccccc5)N(C)C)[nH]4)cc3)cc2)C1. The average Bonchev–Trinajstić information content (AvgIpc) is 4.09. The van der Waals surface area contributed by atoms with Gasteiger partial charge in [0.05, 0.1) is 36.1 Å². The number of nitrogens with one attached hydrogen (secondary N) is 1. The van der Waals surface area contributed by atoms with Crippen LogP contribution in [0.3, 0.4) is 0 Å². The number of hydrogen-bond donors (Lipinski definition) is 1. The summed E-state index contributed by atoms with van der Waals surface area (Å²) in [6.07, 6.45) is 9.84. The Morgan fingerprint density at radius 1 is 0.655 bits per heavy atom. The normalized spacial score (nSPS) is 19.1. The van der Waals surface area contributed by atoms with Crippen molar-refractivity contribution in [2.24, 2.45) is 4.99 Å². The second kappa shape index (κ2) is 17.5. The Balaban J connectivity index is 0.884. The lowest BCUT2D eigenvalue weighted by atomic mass is 9.96. The molecule has 0 unspecified atom stereocenters. The molecule has 0 bridgehead atoms. The number of likely N-dealkylation sites (N-methyl/N-ethyl adjacent to an activating group) is 2. The van der Waals surface area contributed by atoms with Gasteiger partial charge in [0.2, 0.25) is 11.8 Å². The number of aliphatic imine (C=N–C) groups is 1. The van der Waals surface area contributed by atoms with E-state index in [0.717, 1.165) is 90.2 Å². The first kappa shape index (κ1) is 39.2. The van der Waals surface area contributed by atoms with Crippen molar-refractivity contribution >= 4 is 23.1 Å². The van der Waals surface area contributed by atoms with E-state index in [9.17, 15) is 9.59 Å². The highest BCUT2D eigenvalue weighted by atomic mass is 16.2. The van der Waals surface area contributed by atoms with E-state index in [-0.39, 0.29) is 36.0 Å². The van der Waals surface area contributed by atoms with Crippen LogP contribution in [0.2, 0.25) is 0 Å². The maximum absolute atomic E-state index is 14.0. The van der Waals surface area contributed by atoms with Crippen LogP contribution in [0.1, 0.15) is 60.7 Å². The predicted molar refractivity (Wildman–Crippen MR) is 233 cm³/mol. The molecule has 58 heavy (non-hydrogen) atoms. The molecule has 5 aromatic rings. The molecular weight excluding hydrogens is 719 g/mol. The number of carbonyl (C=O) groups is 2. The summed E-state index contributed by atoms with van der Waals surface area (Å²) < 4.78 is 0. The van der Waals surface area contributed by atoms with Gasteiger partial charge in [0, 0.05) is 31.4 Å². The maximum Gasteiger partial charge on any atom is 0.240 e. The molecule has 8 rings (SSSR count). The lowest BCUT2D eigenvalue weighted by Gasteiger charge is -2.32. The number of benzene rings is 4. The van der Waals surface area contributed by atoms with Gasteiger partial charge in [-0.3, -0.25) is 24.4 Å². The van der Waals surface area contributed by atoms with Crippen molar-refractivity contribution in [3.05, 3.63) is 144 Å². The molecule has 1 aromatic heterocycles. The van der Waals surface area contributed by atoms with Gasteiger partial charge in [-0.15, -0.1) is 0 Å². The highest BCUT2D eigenvalue weighted by Gasteiger charge is 2.38. The van der Waals surface area contributed by atoms with E-state index in [2.05, 4.69) is 87.6 Å². The van der Waals surface area contributed by atoms with Crippen LogP contribution in [0.25, 0.3) is 28.0 Å². The first-order valence-corrected chi connectivity index (χ1v) is 20.8. The van der Waals surface area contributed by atoms with Gasteiger partial charge in [0.15, 0.2) is 0 Å². The fourth-order valence-electron chi connectivity index (χ4n) is 8.93. The third-order valence-corrected chi connectivity index (χ3v) is 12.3. The van der Waals surface area contributed by atoms with E-state index >= 15 is 0 Å². The van der Waals surface area contributed by atoms with Crippen molar-refractivity contribution in [1.82, 2.24) is 29.6 Å². The molecule has 2 fully saturated rings. The number of aromatic nitrogens is 2. The van der Waals surface area contributed by atoms with E-state index in [4.69, 9.17) is 9.98 Å². The van der Waals surface area contributed by atoms with Crippen LogP contribution in [-0.4, -0.2) is 106 Å². The first-order valence-electron chi connectivity index (χ1n) is 20.8. The van der Waals surface area contributed by atoms with Gasteiger partial charge in [-0.05, 0) is 106 Å². The van der Waals surface area contributed by atoms with Crippen molar-refractivity contribution in [2.45, 2.75) is 69.1 Å². The smallest absolute Gasteiger partial charge is 0.240 e. The number of likely N-dealkylation sites (tertiary alicyclic amines) is 2. The summed E-state index contributed by atoms with van der Waals surface area (Å²) in [4.78, 5) is 49.3. The zero-order valence-electron chi connectivity index (χ0n) is 34.2. The van der Waals surface area contributed by atoms with Crippen LogP contribution in [0.15, 0.2) is 127 Å². The molecule has 0 saturated carbocycles. The zero-order chi connectivity index (χ0) is 40.2. The van der Waals surface area contributed by atoms with Crippen molar-refractivity contribution in [3.63, 3.8) is 0 Å². The second-order valence-electron chi connectivity index (χ2n) is 16.5. The summed E-state index contributed by atoms with van der Waals surface area (Å²) in [6.45, 7) is 1.52. The number of carbonyl (C=O) groups excluding carboxylic acids is 2. The number of amides is 2. The number of rotatable bonds is 13. The Bertz CT molecular complexity index is 2240. The van der Waals surface area contributed by atoms with Crippen molar-refractivity contribution in [1.29, 1.82) is 0 Å². The van der Waals surface area contributed by atoms with E-state index in [1.807, 2.05) is 86.8 Å². The molecule has 4 heterocycles. The van der Waals surface area contributed by atoms with Crippen LogP contribution >= 0.6 is 0 Å². The third-order valence-electron chi connectivity index (χ3n) is 12.3. The lowest BCUT2D eigenvalue weighted by Crippen LogP contribution is -2.50. The summed E-state index contributed by atoms with van der Waals surface area (Å²) >= 11 is 0. The Labute approximate surface area is 343 Å². The van der Waals surface area contributed by atoms with E-state index < -0.39 is 0 Å². The molecule has 0 radical (unpaired) electrons. The van der Waals surface area contributed by atoms with Gasteiger partial charge in [-0.2, -0.15) is 0 Å². The van der Waals surface area contributed by atoms with Crippen LogP contribution in [0.5, 0.6) is 0 Å². The van der Waals surface area contributed by atoms with Crippen LogP contribution < -0.4 is 0 Å². The molecule has 4 atom stereocenters. The molecule has 1 N–H and O–H groups in total. The standard InChI is InChI=1S/C49H55N7O2/c1-53(2)45(29-34-13-7-5-8-14-34)48(57)55-27-11-17-43(55)41-31-40(32-50-41)38-21-19-36(20-22-38)37-23-25-39(26-24-37)42-33-51-47(52-42)44-18-12-28-56(44)49(58)46(54(3)4)30-35-15-9-6-10-16-35/h5-10,13-16,19-26,32-33,43-46H,11-12,17-18,27-31H2,1-4H3,(H,51,52)/t43-,44-,45+,46+/m0/s1. The summed E-state index contributed by atoms with van der Waals surface area (Å²) in [5, 5.41) is 0. The predicted octanol–water partition coefficient (Wildman–Crippen LogP) is 7.93. The first-order chi connectivity index (χ1) is 28.2. The summed E-state index contributed by atoms with van der Waals surface area (Å²) in [7, 11) is 7.98. The van der Waals surface area contributed by atoms with Gasteiger partial charge < -0.3 is 14.8 Å². The Hall–Kier alpha value is -5.64. The average molecular weight is 774 g/mol. The minimum absolute atomic E-state index is 0.0446. The Kier molecular flexibility index (Phi) is 11.8. The van der Waals surface area contributed by atoms with E-state index in [1.54, 1.807) is 0 Å². The molecule has 298 valence electrons. The molecular formula is C49H55N7O2. The minimum Gasteiger partial charge on any atom is -0.340 e. The molecule has 9 nitrogen and oxygen atoms in total. The number of H-pyrrole nitrogens is 1. The second-order valence-corrected chi connectivity index (χ2v) is 16.5. The molecule has 2 saturated heterocycles. The maximum atomic E-state index is 14.0. The lowest BCUT2D eigenvalue weighted by molar-refractivity contribution is -0.137. The van der Waals surface area contributed by atoms with Gasteiger partial charge in [0.25, 0.3) is 0 Å². The molecule has 2 amide bonds. The molecule has 0 spiro atoms. The largest absolute Gasteiger partial charge is 0.340 e. The third kappa shape index (κ3) is 8.47. The zero-order valence-corrected chi connectivity index (χ0v) is 34.2. The highest BCUT2D eigenvalue weighted by molar-refractivity contribution is 6.03. The Morgan fingerprint density at radius 3 is 1.67 bits per heavy atom. The molecule has 9 heteroatoms. The monoisotopic (exact) mass is 773 g/mol. The minimum atomic E-state index is -0.230. The van der Waals surface area contributed by atoms with E-state index in [0.29, 0.717) is 12.8 Å². The fraction of sp³-hybridized carbons (Fsp3) is 0.347. The fourth-order valence-corrected chi connectivity index (χ4v) is 8.93. The quantitative estimate of drug-likeness (QED) is 0.131. The van der Waals surface area contributed by atoms with Crippen LogP contribution in [0.4, 0.5) is 0 Å². The van der Waals surface area contributed by atoms with Gasteiger partial charge >= 0.3 is 0 Å². The summed E-state index contributed by atoms with van der Waals surface area (Å²) in [5.74, 6) is 1.19. The summed E-state index contributed by atoms with van der Waals surface area (Å²) in [5.41, 5.74) is 10.1. The van der Waals surface area contributed by atoms with Gasteiger partial charge in [-0.1, -0.05) is 109 Å². The van der Waals surface area contributed by atoms with Crippen molar-refractivity contribution in [2.75, 3.05) is 41.3 Å². The Morgan fingerprint density at radius 2 is 1.14 bits per heavy atom. The van der Waals surface area contributed by atoms with Gasteiger partial charge in [0.1, 0.15) is 5.82 Å². The topological polar surface area (TPSA) is 88.1 Å². The van der Waals surface area contributed by atoms with E-state index in [1.165, 1.54) is 11.1 Å². The van der Waals surface area contributed by atoms with Crippen molar-refractivity contribution in [3.8, 4) is 22.4 Å². The summed E-state index contributed by atoms with van der Waals surface area (Å²) in [6, 6.07) is 37.4. The molecule has 3 aliphatic heterocycles. The number of imidazole rings is 1. The van der Waals surface area contributed by atoms with Crippen LogP contribution in [-0.2, 0) is 22.4 Å². The number of aromatic amines is 1. The molecule has 3 aliphatic rings. The van der Waals surface area contributed by atoms with Crippen LogP contribution in [0, 0.1) is 0 Å². The number of allylic oxidation sites excluding steroid dienone is 1. The molecule has 4 aromatic carbocycles. The number of nitrogens with zero attached hydrogens (tertiary/aromatic N) is 6. The highest BCUT2D eigenvalue weighted by Crippen LogP contribution is 2.35. The number of hydrogen-bond acceptors (Lipinski definition) is 6. The van der Waals surface area contributed by atoms with Crippen molar-refractivity contribution < 1.29 is 9.59 Å². The molecule has 0 aliphatic carbocycles. The van der Waals surface area contributed by atoms with Gasteiger partial charge in [-0.25, -0.2) is 4.98 Å².